The van der Waals surface area contributed by atoms with Gasteiger partial charge in [0.1, 0.15) is 0 Å². The quantitative estimate of drug-likeness (QED) is 0.174. The first kappa shape index (κ1) is 30.9. The van der Waals surface area contributed by atoms with Crippen molar-refractivity contribution < 1.29 is 0 Å². The van der Waals surface area contributed by atoms with E-state index in [-0.39, 0.29) is 5.41 Å². The Kier molecular flexibility index (Phi) is 6.97. The molecule has 2 unspecified atom stereocenters. The zero-order chi connectivity index (χ0) is 35.6. The minimum atomic E-state index is -0.390. The van der Waals surface area contributed by atoms with Gasteiger partial charge < -0.3 is 4.90 Å². The molecule has 0 amide bonds. The van der Waals surface area contributed by atoms with Crippen LogP contribution in [-0.4, -0.2) is 0 Å². The first-order valence-electron chi connectivity index (χ1n) is 19.0. The molecule has 54 heavy (non-hydrogen) atoms. The van der Waals surface area contributed by atoms with Crippen molar-refractivity contribution in [2.75, 3.05) is 4.90 Å². The van der Waals surface area contributed by atoms with Crippen LogP contribution in [0.4, 0.5) is 11.4 Å². The molecule has 11 rings (SSSR count). The van der Waals surface area contributed by atoms with Gasteiger partial charge in [0.25, 0.3) is 0 Å². The Bertz CT molecular complexity index is 2790. The molecule has 0 bridgehead atoms. The van der Waals surface area contributed by atoms with Gasteiger partial charge in [-0.15, -0.1) is 0 Å². The van der Waals surface area contributed by atoms with Crippen molar-refractivity contribution in [3.05, 3.63) is 240 Å². The van der Waals surface area contributed by atoms with E-state index in [1.807, 2.05) is 0 Å². The zero-order valence-corrected chi connectivity index (χ0v) is 29.9. The molecule has 0 fully saturated rings. The highest BCUT2D eigenvalue weighted by Crippen LogP contribution is 2.64. The van der Waals surface area contributed by atoms with Gasteiger partial charge in [0, 0.05) is 23.0 Å². The van der Waals surface area contributed by atoms with E-state index in [0.717, 1.165) is 17.8 Å². The van der Waals surface area contributed by atoms with Crippen LogP contribution in [0, 0.1) is 0 Å². The second-order valence-electron chi connectivity index (χ2n) is 14.8. The first-order chi connectivity index (χ1) is 26.8. The molecule has 0 heterocycles. The second kappa shape index (κ2) is 12.2. The summed E-state index contributed by atoms with van der Waals surface area (Å²) >= 11 is 0. The maximum atomic E-state index is 2.48. The molecular weight excluding hydrogens is 651 g/mol. The van der Waals surface area contributed by atoms with Crippen LogP contribution in [0.3, 0.4) is 0 Å². The lowest BCUT2D eigenvalue weighted by molar-refractivity contribution is 0.795. The Morgan fingerprint density at radius 1 is 0.463 bits per heavy atom. The number of hydrogen-bond acceptors (Lipinski definition) is 1. The van der Waals surface area contributed by atoms with Gasteiger partial charge in [0.2, 0.25) is 0 Å². The van der Waals surface area contributed by atoms with Gasteiger partial charge in [0.15, 0.2) is 0 Å². The number of allylic oxidation sites excluding steroid dienone is 3. The smallest absolute Gasteiger partial charge is 0.0725 e. The average molecular weight is 688 g/mol. The summed E-state index contributed by atoms with van der Waals surface area (Å²) in [6.07, 6.45) is 8.00. The standard InChI is InChI=1S/C53H37N/c1-3-13-36(14-4-1)37-23-29-42(30-24-37)54(41-16-5-2-6-17-41)43-31-25-38(26-32-43)40-27-33-46-45-19-9-11-21-48(45)53(51(46)35-40)49-22-12-10-20-47(49)52-44-18-8-7-15-39(44)28-34-50(52)53/h1-23,25-35,37H,24H2. The summed E-state index contributed by atoms with van der Waals surface area (Å²) in [4.78, 5) is 2.38. The number of hydrogen-bond donors (Lipinski definition) is 0. The Hall–Kier alpha value is -6.70. The summed E-state index contributed by atoms with van der Waals surface area (Å²) in [7, 11) is 0. The summed E-state index contributed by atoms with van der Waals surface area (Å²) in [5.74, 6) is 0.390. The van der Waals surface area contributed by atoms with Gasteiger partial charge in [0.05, 0.1) is 5.41 Å². The van der Waals surface area contributed by atoms with Crippen LogP contribution in [0.5, 0.6) is 0 Å². The summed E-state index contributed by atoms with van der Waals surface area (Å²) in [5.41, 5.74) is 17.7. The van der Waals surface area contributed by atoms with Gasteiger partial charge in [-0.25, -0.2) is 0 Å². The third-order valence-electron chi connectivity index (χ3n) is 12.0. The molecule has 8 aromatic rings. The molecule has 0 aliphatic heterocycles. The largest absolute Gasteiger partial charge is 0.311 e. The molecule has 0 radical (unpaired) electrons. The van der Waals surface area contributed by atoms with Crippen LogP contribution in [0.2, 0.25) is 0 Å². The molecule has 0 N–H and O–H groups in total. The third kappa shape index (κ3) is 4.52. The van der Waals surface area contributed by atoms with E-state index in [1.54, 1.807) is 0 Å². The fraction of sp³-hybridized carbons (Fsp3) is 0.0566. The van der Waals surface area contributed by atoms with E-state index in [2.05, 4.69) is 211 Å². The maximum absolute atomic E-state index is 2.48. The van der Waals surface area contributed by atoms with Crippen molar-refractivity contribution in [1.82, 2.24) is 0 Å². The van der Waals surface area contributed by atoms with Gasteiger partial charge in [-0.1, -0.05) is 170 Å². The van der Waals surface area contributed by atoms with Gasteiger partial charge in [-0.3, -0.25) is 0 Å². The predicted octanol–water partition coefficient (Wildman–Crippen LogP) is 13.6. The van der Waals surface area contributed by atoms with Crippen LogP contribution in [0.25, 0.3) is 44.2 Å². The van der Waals surface area contributed by atoms with E-state index < -0.39 is 0 Å². The molecule has 254 valence electrons. The van der Waals surface area contributed by atoms with Crippen LogP contribution in [-0.2, 0) is 5.41 Å². The average Bonchev–Trinajstić information content (AvgIpc) is 3.72. The fourth-order valence-electron chi connectivity index (χ4n) is 9.64. The molecule has 1 heteroatoms. The summed E-state index contributed by atoms with van der Waals surface area (Å²) in [6, 6.07) is 69.6. The minimum absolute atomic E-state index is 0.390. The highest BCUT2D eigenvalue weighted by molar-refractivity contribution is 6.06. The third-order valence-corrected chi connectivity index (χ3v) is 12.0. The van der Waals surface area contributed by atoms with Crippen molar-refractivity contribution in [1.29, 1.82) is 0 Å². The van der Waals surface area contributed by atoms with Crippen molar-refractivity contribution >= 4 is 22.1 Å². The van der Waals surface area contributed by atoms with Crippen molar-refractivity contribution in [2.45, 2.75) is 17.8 Å². The second-order valence-corrected chi connectivity index (χ2v) is 14.8. The highest BCUT2D eigenvalue weighted by Gasteiger charge is 2.52. The topological polar surface area (TPSA) is 3.24 Å². The van der Waals surface area contributed by atoms with Gasteiger partial charge in [-0.05, 0) is 115 Å². The minimum Gasteiger partial charge on any atom is -0.311 e. The van der Waals surface area contributed by atoms with Crippen LogP contribution < -0.4 is 4.90 Å². The zero-order valence-electron chi connectivity index (χ0n) is 29.9. The number of fused-ring (bicyclic) bond motifs is 12. The van der Waals surface area contributed by atoms with Crippen molar-refractivity contribution in [3.8, 4) is 33.4 Å². The number of para-hydroxylation sites is 1. The molecule has 2 atom stereocenters. The molecule has 0 aromatic heterocycles. The summed E-state index contributed by atoms with van der Waals surface area (Å²) in [6.45, 7) is 0. The molecule has 3 aliphatic carbocycles. The van der Waals surface area contributed by atoms with Crippen LogP contribution in [0.1, 0.15) is 40.2 Å². The van der Waals surface area contributed by atoms with Crippen molar-refractivity contribution in [3.63, 3.8) is 0 Å². The van der Waals surface area contributed by atoms with Crippen LogP contribution in [0.15, 0.2) is 212 Å². The lowest BCUT2D eigenvalue weighted by Crippen LogP contribution is -2.25. The fourth-order valence-corrected chi connectivity index (χ4v) is 9.64. The Morgan fingerprint density at radius 3 is 1.87 bits per heavy atom. The number of nitrogens with zero attached hydrogens (tertiary/aromatic N) is 1. The van der Waals surface area contributed by atoms with E-state index >= 15 is 0 Å². The monoisotopic (exact) mass is 687 g/mol. The lowest BCUT2D eigenvalue weighted by atomic mass is 9.70. The summed E-state index contributed by atoms with van der Waals surface area (Å²) in [5, 5.41) is 2.60. The molecule has 3 aliphatic rings. The van der Waals surface area contributed by atoms with Crippen molar-refractivity contribution in [2.24, 2.45) is 0 Å². The van der Waals surface area contributed by atoms with E-state index in [4.69, 9.17) is 0 Å². The Labute approximate surface area is 316 Å². The summed E-state index contributed by atoms with van der Waals surface area (Å²) < 4.78 is 0. The molecule has 1 nitrogen and oxygen atoms in total. The number of rotatable bonds is 5. The van der Waals surface area contributed by atoms with E-state index in [9.17, 15) is 0 Å². The molecule has 8 aromatic carbocycles. The van der Waals surface area contributed by atoms with E-state index in [1.165, 1.54) is 77.7 Å². The molecule has 1 spiro atoms. The number of anilines is 2. The Balaban J connectivity index is 1.03. The predicted molar refractivity (Wildman–Crippen MR) is 225 cm³/mol. The van der Waals surface area contributed by atoms with Crippen LogP contribution >= 0.6 is 0 Å². The molecular formula is C53H37N. The normalized spacial score (nSPS) is 17.5. The highest BCUT2D eigenvalue weighted by atomic mass is 15.1. The SMILES string of the molecule is C1=CC(c2ccccc2)CC=C1N(c1ccccc1)c1ccc(-c2ccc3c(c2)C2(c4ccccc4-3)c3ccccc3-c3c2ccc2ccccc32)cc1. The van der Waals surface area contributed by atoms with Gasteiger partial charge >= 0.3 is 0 Å². The molecule has 0 saturated heterocycles. The maximum Gasteiger partial charge on any atom is 0.0725 e. The lowest BCUT2D eigenvalue weighted by Gasteiger charge is -2.31. The van der Waals surface area contributed by atoms with E-state index in [0.29, 0.717) is 5.92 Å². The first-order valence-corrected chi connectivity index (χ1v) is 19.0. The van der Waals surface area contributed by atoms with Gasteiger partial charge in [-0.2, -0.15) is 0 Å². The Morgan fingerprint density at radius 2 is 1.09 bits per heavy atom. The number of benzene rings is 8. The molecule has 0 saturated carbocycles.